The molecule has 0 radical (unpaired) electrons. The smallest absolute Gasteiger partial charge is 0.411 e. The van der Waals surface area contributed by atoms with Crippen molar-refractivity contribution in [3.8, 4) is 23.0 Å². The molecule has 0 aliphatic carbocycles. The maximum Gasteiger partial charge on any atom is 0.457 e. The SMILES string of the molecule is Nc1ccccc1OP1(Oc2ccccc2N)=NP(Cl)(Cl)=NP(Oc2ccccc2N)(Oc2ccccc2N)=N1. The van der Waals surface area contributed by atoms with Crippen LogP contribution in [0, 0.1) is 0 Å². The van der Waals surface area contributed by atoms with Gasteiger partial charge in [0, 0.05) is 0 Å². The van der Waals surface area contributed by atoms with E-state index >= 15 is 0 Å². The zero-order chi connectivity index (χ0) is 28.4. The second-order valence-corrected chi connectivity index (χ2v) is 17.3. The predicted octanol–water partition coefficient (Wildman–Crippen LogP) is 8.96. The fourth-order valence-corrected chi connectivity index (χ4v) is 14.1. The first kappa shape index (κ1) is 28.1. The first-order valence-corrected chi connectivity index (χ1v) is 18.1. The molecule has 0 saturated carbocycles. The van der Waals surface area contributed by atoms with Crippen LogP contribution in [0.25, 0.3) is 0 Å². The number of nitrogens with two attached hydrogens (primary N) is 4. The van der Waals surface area contributed by atoms with E-state index in [9.17, 15) is 0 Å². The number of hydrogen-bond donors (Lipinski definition) is 4. The Balaban J connectivity index is 1.79. The highest BCUT2D eigenvalue weighted by Gasteiger charge is 2.45. The molecule has 1 aliphatic heterocycles. The lowest BCUT2D eigenvalue weighted by atomic mass is 10.3. The Bertz CT molecular complexity index is 1550. The molecule has 1 aliphatic rings. The van der Waals surface area contributed by atoms with Crippen LogP contribution in [0.5, 0.6) is 23.0 Å². The fourth-order valence-electron chi connectivity index (χ4n) is 3.42. The maximum absolute atomic E-state index is 6.76. The molecule has 40 heavy (non-hydrogen) atoms. The number of para-hydroxylation sites is 8. The third-order valence-corrected chi connectivity index (χ3v) is 14.7. The molecule has 5 rings (SSSR count). The Labute approximate surface area is 240 Å². The van der Waals surface area contributed by atoms with Gasteiger partial charge in [-0.1, -0.05) is 53.0 Å². The van der Waals surface area contributed by atoms with Gasteiger partial charge in [-0.15, -0.1) is 9.03 Å². The molecule has 0 aromatic heterocycles. The third-order valence-electron chi connectivity index (χ3n) is 5.21. The average Bonchev–Trinajstić information content (AvgIpc) is 2.89. The van der Waals surface area contributed by atoms with Crippen LogP contribution in [0.1, 0.15) is 0 Å². The number of anilines is 4. The first-order valence-electron chi connectivity index (χ1n) is 11.5. The summed E-state index contributed by atoms with van der Waals surface area (Å²) in [6.45, 7) is 0. The summed E-state index contributed by atoms with van der Waals surface area (Å²) >= 11 is 13.5. The topological polar surface area (TPSA) is 178 Å². The molecule has 0 spiro atoms. The van der Waals surface area contributed by atoms with Gasteiger partial charge in [0.2, 0.25) is 0 Å². The highest BCUT2D eigenvalue weighted by molar-refractivity contribution is 8.13. The summed E-state index contributed by atoms with van der Waals surface area (Å²) < 4.78 is 39.2. The molecule has 0 unspecified atom stereocenters. The van der Waals surface area contributed by atoms with E-state index < -0.39 is 21.2 Å². The van der Waals surface area contributed by atoms with Crippen molar-refractivity contribution in [1.29, 1.82) is 0 Å². The van der Waals surface area contributed by atoms with Crippen LogP contribution in [-0.2, 0) is 0 Å². The third kappa shape index (κ3) is 6.30. The van der Waals surface area contributed by atoms with Gasteiger partial charge in [-0.25, -0.2) is 0 Å². The van der Waals surface area contributed by atoms with Gasteiger partial charge >= 0.3 is 15.3 Å². The molecule has 0 bridgehead atoms. The zero-order valence-corrected chi connectivity index (χ0v) is 24.8. The predicted molar refractivity (Wildman–Crippen MR) is 166 cm³/mol. The molecule has 0 fully saturated rings. The largest absolute Gasteiger partial charge is 0.457 e. The molecule has 0 atom stereocenters. The number of rotatable bonds is 8. The molecule has 11 nitrogen and oxygen atoms in total. The monoisotopic (exact) mass is 637 g/mol. The van der Waals surface area contributed by atoms with Crippen molar-refractivity contribution in [2.75, 3.05) is 22.9 Å². The molecule has 16 heteroatoms. The normalized spacial score (nSPS) is 16.4. The van der Waals surface area contributed by atoms with Crippen LogP contribution < -0.4 is 41.0 Å². The Morgan fingerprint density at radius 2 is 0.700 bits per heavy atom. The van der Waals surface area contributed by atoms with Crippen molar-refractivity contribution in [3.63, 3.8) is 0 Å². The second kappa shape index (κ2) is 11.2. The van der Waals surface area contributed by atoms with Gasteiger partial charge in [0.25, 0.3) is 5.91 Å². The number of halogens is 2. The van der Waals surface area contributed by atoms with Gasteiger partial charge in [-0.05, 0) is 71.0 Å². The summed E-state index contributed by atoms with van der Waals surface area (Å²) in [5.41, 5.74) is 26.0. The van der Waals surface area contributed by atoms with E-state index in [1.807, 2.05) is 0 Å². The molecule has 4 aromatic carbocycles. The van der Waals surface area contributed by atoms with Gasteiger partial charge in [0.15, 0.2) is 23.0 Å². The minimum absolute atomic E-state index is 0.213. The molecule has 4 aromatic rings. The summed E-state index contributed by atoms with van der Waals surface area (Å²) in [4.78, 5) is 0. The van der Waals surface area contributed by atoms with Gasteiger partial charge in [0.05, 0.1) is 22.7 Å². The van der Waals surface area contributed by atoms with Crippen LogP contribution >= 0.6 is 43.7 Å². The Morgan fingerprint density at radius 1 is 0.425 bits per heavy atom. The van der Waals surface area contributed by atoms with E-state index in [0.717, 1.165) is 0 Å². The molecule has 208 valence electrons. The van der Waals surface area contributed by atoms with E-state index in [1.165, 1.54) is 0 Å². The van der Waals surface area contributed by atoms with Crippen molar-refractivity contribution in [3.05, 3.63) is 97.1 Å². The summed E-state index contributed by atoms with van der Waals surface area (Å²) in [6.07, 6.45) is 0. The molecule has 8 N–H and O–H groups in total. The van der Waals surface area contributed by atoms with Crippen LogP contribution in [-0.4, -0.2) is 0 Å². The lowest BCUT2D eigenvalue weighted by molar-refractivity contribution is 0.462. The number of nitrogen functional groups attached to an aromatic ring is 4. The second-order valence-electron chi connectivity index (χ2n) is 8.22. The lowest BCUT2D eigenvalue weighted by Crippen LogP contribution is -2.08. The van der Waals surface area contributed by atoms with Gasteiger partial charge in [-0.2, -0.15) is 0 Å². The Morgan fingerprint density at radius 3 is 1.00 bits per heavy atom. The van der Waals surface area contributed by atoms with Crippen LogP contribution in [0.15, 0.2) is 111 Å². The van der Waals surface area contributed by atoms with E-state index in [2.05, 4.69) is 9.03 Å². The number of benzene rings is 4. The van der Waals surface area contributed by atoms with E-state index in [-0.39, 0.29) is 45.7 Å². The summed E-state index contributed by atoms with van der Waals surface area (Å²) in [5.74, 6) is -2.80. The van der Waals surface area contributed by atoms with E-state index in [4.69, 9.17) is 68.0 Å². The molecule has 1 heterocycles. The van der Waals surface area contributed by atoms with Crippen molar-refractivity contribution in [2.45, 2.75) is 0 Å². The van der Waals surface area contributed by atoms with Crippen LogP contribution in [0.4, 0.5) is 22.7 Å². The van der Waals surface area contributed by atoms with Crippen molar-refractivity contribution < 1.29 is 18.1 Å². The average molecular weight is 638 g/mol. The molecule has 0 amide bonds. The summed E-state index contributed by atoms with van der Waals surface area (Å²) in [7, 11) is -7.87. The van der Waals surface area contributed by atoms with E-state index in [1.54, 1.807) is 97.1 Å². The Kier molecular flexibility index (Phi) is 7.87. The van der Waals surface area contributed by atoms with Gasteiger partial charge < -0.3 is 41.0 Å². The summed E-state index contributed by atoms with van der Waals surface area (Å²) in [6, 6.07) is 27.0. The quantitative estimate of drug-likeness (QED) is 0.109. The summed E-state index contributed by atoms with van der Waals surface area (Å²) in [5, 5.41) is 0. The minimum atomic E-state index is -3.94. The van der Waals surface area contributed by atoms with E-state index in [0.29, 0.717) is 0 Å². The van der Waals surface area contributed by atoms with Crippen molar-refractivity contribution in [1.82, 2.24) is 0 Å². The zero-order valence-electron chi connectivity index (χ0n) is 20.6. The van der Waals surface area contributed by atoms with Gasteiger partial charge in [0.1, 0.15) is 0 Å². The minimum Gasteiger partial charge on any atom is -0.411 e. The van der Waals surface area contributed by atoms with Gasteiger partial charge in [-0.3, -0.25) is 0 Å². The molecular weight excluding hydrogens is 614 g/mol. The van der Waals surface area contributed by atoms with Crippen molar-refractivity contribution >= 4 is 66.5 Å². The number of nitrogens with zero attached hydrogens (tertiary/aromatic N) is 3. The lowest BCUT2D eigenvalue weighted by Gasteiger charge is -2.31. The maximum atomic E-state index is 6.76. The standard InChI is InChI=1S/C24H24Cl2N7O4P3/c25-38(26)31-39(34-21-13-5-1-9-17(21)27,35-22-14-6-2-10-18(22)28)33-40(32-38,36-23-15-7-3-11-19(23)29)37-24-16-8-4-12-20(24)30/h1-16H,27-30H2. The van der Waals surface area contributed by atoms with Crippen LogP contribution in [0.2, 0.25) is 0 Å². The highest BCUT2D eigenvalue weighted by Crippen LogP contribution is 2.82. The first-order chi connectivity index (χ1) is 19.1. The number of hydrogen-bond acceptors (Lipinski definition) is 11. The fraction of sp³-hybridized carbons (Fsp3) is 0. The molecule has 0 saturated heterocycles. The Hall–Kier alpha value is -3.45. The molecular formula is C24H24Cl2N7O4P3. The van der Waals surface area contributed by atoms with Crippen LogP contribution in [0.3, 0.4) is 0 Å². The highest BCUT2D eigenvalue weighted by atomic mass is 35.9. The van der Waals surface area contributed by atoms with Crippen molar-refractivity contribution in [2.24, 2.45) is 13.5 Å².